The highest BCUT2D eigenvalue weighted by Gasteiger charge is 2.27. The van der Waals surface area contributed by atoms with E-state index in [1.165, 1.54) is 70.8 Å². The summed E-state index contributed by atoms with van der Waals surface area (Å²) in [6, 6.07) is 8.40. The van der Waals surface area contributed by atoms with Gasteiger partial charge in [0.15, 0.2) is 0 Å². The molecule has 194 valence electrons. The Balaban J connectivity index is 2.02. The molecule has 0 bridgehead atoms. The first kappa shape index (κ1) is 28.8. The molecule has 5 nitrogen and oxygen atoms in total. The van der Waals surface area contributed by atoms with Crippen molar-refractivity contribution in [2.75, 3.05) is 13.2 Å². The fourth-order valence-corrected chi connectivity index (χ4v) is 4.56. The van der Waals surface area contributed by atoms with Gasteiger partial charge in [0.05, 0.1) is 17.1 Å². The Hall–Kier alpha value is -2.40. The van der Waals surface area contributed by atoms with E-state index in [-0.39, 0.29) is 24.7 Å². The van der Waals surface area contributed by atoms with Crippen LogP contribution in [0.2, 0.25) is 0 Å². The minimum absolute atomic E-state index is 0.0135. The van der Waals surface area contributed by atoms with Crippen LogP contribution in [0.15, 0.2) is 48.6 Å². The summed E-state index contributed by atoms with van der Waals surface area (Å²) in [5.74, 6) is -0.0207. The SMILES string of the molecule is C=C(C)C(=O)OCC(COC(=O)C(=C)C(C)(C)O)c1ccc(C2CCC(CCCCC)CC2)cc1. The third-order valence-electron chi connectivity index (χ3n) is 7.11. The third-order valence-corrected chi connectivity index (χ3v) is 7.11. The van der Waals surface area contributed by atoms with Gasteiger partial charge in [0.2, 0.25) is 0 Å². The first-order chi connectivity index (χ1) is 16.5. The van der Waals surface area contributed by atoms with E-state index in [0.717, 1.165) is 11.5 Å². The molecule has 1 aromatic rings. The minimum atomic E-state index is -1.37. The lowest BCUT2D eigenvalue weighted by Crippen LogP contribution is -2.29. The molecule has 1 unspecified atom stereocenters. The molecule has 0 aromatic heterocycles. The van der Waals surface area contributed by atoms with Crippen LogP contribution >= 0.6 is 0 Å². The molecule has 1 fully saturated rings. The summed E-state index contributed by atoms with van der Waals surface area (Å²) >= 11 is 0. The van der Waals surface area contributed by atoms with Gasteiger partial charge in [-0.05, 0) is 69.4 Å². The number of benzene rings is 1. The Morgan fingerprint density at radius 3 is 2.09 bits per heavy atom. The largest absolute Gasteiger partial charge is 0.462 e. The molecule has 1 aliphatic carbocycles. The van der Waals surface area contributed by atoms with Crippen molar-refractivity contribution < 1.29 is 24.2 Å². The van der Waals surface area contributed by atoms with Crippen molar-refractivity contribution in [3.8, 4) is 0 Å². The van der Waals surface area contributed by atoms with Crippen LogP contribution in [0.5, 0.6) is 0 Å². The van der Waals surface area contributed by atoms with Crippen molar-refractivity contribution in [2.24, 2.45) is 5.92 Å². The van der Waals surface area contributed by atoms with Crippen LogP contribution in [0.1, 0.15) is 102 Å². The molecule has 1 aliphatic rings. The van der Waals surface area contributed by atoms with E-state index in [0.29, 0.717) is 11.5 Å². The standard InChI is InChI=1S/C30H44O5/c1-7-8-9-10-23-11-13-24(14-12-23)25-15-17-26(18-16-25)27(19-34-28(31)21(2)3)20-35-29(32)22(4)30(5,6)33/h15-18,23-24,27,33H,2,4,7-14,19-20H2,1,3,5-6H3. The summed E-state index contributed by atoms with van der Waals surface area (Å²) in [5, 5.41) is 10.0. The predicted octanol–water partition coefficient (Wildman–Crippen LogP) is 6.61. The van der Waals surface area contributed by atoms with Crippen molar-refractivity contribution in [1.29, 1.82) is 0 Å². The van der Waals surface area contributed by atoms with E-state index in [1.807, 2.05) is 12.1 Å². The highest BCUT2D eigenvalue weighted by Crippen LogP contribution is 2.38. The second-order valence-corrected chi connectivity index (χ2v) is 10.6. The van der Waals surface area contributed by atoms with Crippen molar-refractivity contribution in [1.82, 2.24) is 0 Å². The third kappa shape index (κ3) is 9.29. The average molecular weight is 485 g/mol. The highest BCUT2D eigenvalue weighted by atomic mass is 16.5. The van der Waals surface area contributed by atoms with Crippen LogP contribution in [-0.2, 0) is 19.1 Å². The average Bonchev–Trinajstić information content (AvgIpc) is 2.83. The fourth-order valence-electron chi connectivity index (χ4n) is 4.56. The van der Waals surface area contributed by atoms with E-state index in [4.69, 9.17) is 9.47 Å². The Kier molecular flexibility index (Phi) is 11.2. The normalized spacial score (nSPS) is 19.0. The van der Waals surface area contributed by atoms with Crippen LogP contribution in [0.25, 0.3) is 0 Å². The summed E-state index contributed by atoms with van der Waals surface area (Å²) < 4.78 is 10.8. The number of unbranched alkanes of at least 4 members (excludes halogenated alkanes) is 2. The molecule has 2 rings (SSSR count). The molecule has 0 amide bonds. The number of hydrogen-bond acceptors (Lipinski definition) is 5. The lowest BCUT2D eigenvalue weighted by atomic mass is 9.77. The lowest BCUT2D eigenvalue weighted by Gasteiger charge is -2.29. The number of hydrogen-bond donors (Lipinski definition) is 1. The van der Waals surface area contributed by atoms with E-state index in [2.05, 4.69) is 32.2 Å². The summed E-state index contributed by atoms with van der Waals surface area (Å²) in [5.41, 5.74) is 1.20. The van der Waals surface area contributed by atoms with Gasteiger partial charge in [0.1, 0.15) is 13.2 Å². The van der Waals surface area contributed by atoms with Crippen molar-refractivity contribution in [3.63, 3.8) is 0 Å². The number of esters is 2. The van der Waals surface area contributed by atoms with Crippen molar-refractivity contribution in [2.45, 2.75) is 96.5 Å². The summed E-state index contributed by atoms with van der Waals surface area (Å²) in [4.78, 5) is 24.3. The van der Waals surface area contributed by atoms with Gasteiger partial charge in [-0.1, -0.05) is 70.0 Å². The van der Waals surface area contributed by atoms with Crippen LogP contribution in [0, 0.1) is 5.92 Å². The maximum Gasteiger partial charge on any atom is 0.336 e. The van der Waals surface area contributed by atoms with Gasteiger partial charge < -0.3 is 14.6 Å². The Morgan fingerprint density at radius 1 is 1.00 bits per heavy atom. The minimum Gasteiger partial charge on any atom is -0.462 e. The van der Waals surface area contributed by atoms with E-state index in [1.54, 1.807) is 6.92 Å². The van der Waals surface area contributed by atoms with Crippen LogP contribution in [-0.4, -0.2) is 35.9 Å². The van der Waals surface area contributed by atoms with E-state index >= 15 is 0 Å². The molecular formula is C30H44O5. The monoisotopic (exact) mass is 484 g/mol. The fraction of sp³-hybridized carbons (Fsp3) is 0.600. The van der Waals surface area contributed by atoms with Gasteiger partial charge in [0, 0.05) is 5.57 Å². The maximum atomic E-state index is 12.3. The van der Waals surface area contributed by atoms with Crippen LogP contribution in [0.4, 0.5) is 0 Å². The zero-order chi connectivity index (χ0) is 26.0. The molecule has 1 aromatic carbocycles. The first-order valence-corrected chi connectivity index (χ1v) is 13.0. The Morgan fingerprint density at radius 2 is 1.57 bits per heavy atom. The Bertz CT molecular complexity index is 854. The molecule has 0 spiro atoms. The zero-order valence-electron chi connectivity index (χ0n) is 22.1. The van der Waals surface area contributed by atoms with Crippen molar-refractivity contribution >= 4 is 11.9 Å². The van der Waals surface area contributed by atoms with Gasteiger partial charge in [0.25, 0.3) is 0 Å². The molecule has 1 atom stereocenters. The van der Waals surface area contributed by atoms with Crippen molar-refractivity contribution in [3.05, 3.63) is 59.7 Å². The molecular weight excluding hydrogens is 440 g/mol. The molecule has 35 heavy (non-hydrogen) atoms. The number of aliphatic hydroxyl groups is 1. The molecule has 0 radical (unpaired) electrons. The predicted molar refractivity (Wildman–Crippen MR) is 140 cm³/mol. The van der Waals surface area contributed by atoms with Crippen LogP contribution in [0.3, 0.4) is 0 Å². The van der Waals surface area contributed by atoms with Gasteiger partial charge in [-0.2, -0.15) is 0 Å². The van der Waals surface area contributed by atoms with Gasteiger partial charge in [-0.25, -0.2) is 9.59 Å². The topological polar surface area (TPSA) is 72.8 Å². The number of carbonyl (C=O) groups is 2. The van der Waals surface area contributed by atoms with Gasteiger partial charge >= 0.3 is 11.9 Å². The summed E-state index contributed by atoms with van der Waals surface area (Å²) in [6.07, 6.45) is 10.4. The summed E-state index contributed by atoms with van der Waals surface area (Å²) in [7, 11) is 0. The molecule has 0 saturated heterocycles. The van der Waals surface area contributed by atoms with Gasteiger partial charge in [-0.15, -0.1) is 0 Å². The lowest BCUT2D eigenvalue weighted by molar-refractivity contribution is -0.143. The number of ether oxygens (including phenoxy) is 2. The summed E-state index contributed by atoms with van der Waals surface area (Å²) in [6.45, 7) is 14.2. The smallest absolute Gasteiger partial charge is 0.336 e. The van der Waals surface area contributed by atoms with E-state index in [9.17, 15) is 14.7 Å². The number of carbonyl (C=O) groups excluding carboxylic acids is 2. The zero-order valence-corrected chi connectivity index (χ0v) is 22.1. The molecule has 1 saturated carbocycles. The molecule has 0 aliphatic heterocycles. The first-order valence-electron chi connectivity index (χ1n) is 13.0. The molecule has 0 heterocycles. The maximum absolute atomic E-state index is 12.3. The quantitative estimate of drug-likeness (QED) is 0.194. The second-order valence-electron chi connectivity index (χ2n) is 10.6. The van der Waals surface area contributed by atoms with Gasteiger partial charge in [-0.3, -0.25) is 0 Å². The molecule has 5 heteroatoms. The Labute approximate surface area is 211 Å². The van der Waals surface area contributed by atoms with Crippen LogP contribution < -0.4 is 0 Å². The number of rotatable bonds is 13. The second kappa shape index (κ2) is 13.6. The van der Waals surface area contributed by atoms with E-state index < -0.39 is 17.5 Å². The highest BCUT2D eigenvalue weighted by molar-refractivity contribution is 5.89. The molecule has 1 N–H and O–H groups in total.